The summed E-state index contributed by atoms with van der Waals surface area (Å²) in [5.41, 5.74) is 1.88. The lowest BCUT2D eigenvalue weighted by molar-refractivity contribution is 0.350. The molecule has 55 valence electrons. The van der Waals surface area contributed by atoms with E-state index >= 15 is 0 Å². The highest BCUT2D eigenvalue weighted by molar-refractivity contribution is 5.36. The van der Waals surface area contributed by atoms with E-state index in [4.69, 9.17) is 5.11 Å². The molecule has 0 aromatic heterocycles. The van der Waals surface area contributed by atoms with Crippen molar-refractivity contribution in [1.29, 1.82) is 0 Å². The van der Waals surface area contributed by atoms with Crippen molar-refractivity contribution >= 4 is 0 Å². The van der Waals surface area contributed by atoms with Crippen LogP contribution in [0.3, 0.4) is 0 Å². The van der Waals surface area contributed by atoms with Crippen LogP contribution < -0.4 is 0 Å². The lowest BCUT2D eigenvalue weighted by Gasteiger charge is -1.90. The summed E-state index contributed by atoms with van der Waals surface area (Å²) in [4.78, 5) is 0. The van der Waals surface area contributed by atoms with E-state index in [0.717, 1.165) is 11.1 Å². The zero-order chi connectivity index (χ0) is 8.10. The van der Waals surface area contributed by atoms with Crippen LogP contribution in [0.5, 0.6) is 0 Å². The van der Waals surface area contributed by atoms with Crippen molar-refractivity contribution in [2.75, 3.05) is 6.61 Å². The van der Waals surface area contributed by atoms with Crippen molar-refractivity contribution in [2.24, 2.45) is 0 Å². The molecule has 0 heterocycles. The Kier molecular flexibility index (Phi) is 2.71. The Balaban J connectivity index is 2.82. The van der Waals surface area contributed by atoms with E-state index in [9.17, 15) is 0 Å². The van der Waals surface area contributed by atoms with Crippen molar-refractivity contribution in [2.45, 2.75) is 0 Å². The minimum atomic E-state index is -0.0911. The number of benzene rings is 1. The quantitative estimate of drug-likeness (QED) is 0.544. The average Bonchev–Trinajstić information content (AvgIpc) is 2.04. The Morgan fingerprint density at radius 2 is 1.91 bits per heavy atom. The highest BCUT2D eigenvalue weighted by Crippen LogP contribution is 2.00. The Bertz CT molecular complexity index is 274. The molecular weight excluding hydrogens is 136 g/mol. The minimum Gasteiger partial charge on any atom is -0.384 e. The summed E-state index contributed by atoms with van der Waals surface area (Å²) in [5, 5.41) is 8.40. The summed E-state index contributed by atoms with van der Waals surface area (Å²) in [6.45, 7) is 3.65. The molecule has 1 heteroatoms. The lowest BCUT2D eigenvalue weighted by Crippen LogP contribution is -1.76. The Morgan fingerprint density at radius 1 is 1.27 bits per heavy atom. The largest absolute Gasteiger partial charge is 0.384 e. The third-order valence-corrected chi connectivity index (χ3v) is 1.27. The molecule has 11 heavy (non-hydrogen) atoms. The van der Waals surface area contributed by atoms with Gasteiger partial charge < -0.3 is 5.11 Å². The van der Waals surface area contributed by atoms with E-state index < -0.39 is 0 Å². The van der Waals surface area contributed by atoms with Crippen molar-refractivity contribution in [3.8, 4) is 11.8 Å². The van der Waals surface area contributed by atoms with Gasteiger partial charge in [-0.3, -0.25) is 0 Å². The molecule has 0 bridgehead atoms. The van der Waals surface area contributed by atoms with Crippen molar-refractivity contribution in [3.05, 3.63) is 42.3 Å². The Labute approximate surface area is 66.7 Å². The van der Waals surface area contributed by atoms with Gasteiger partial charge in [0.1, 0.15) is 6.61 Å². The molecule has 0 fully saturated rings. The number of rotatable bonds is 0. The maximum absolute atomic E-state index is 8.40. The second-order valence-corrected chi connectivity index (χ2v) is 2.16. The number of hydrogen-bond acceptors (Lipinski definition) is 1. The third kappa shape index (κ3) is 2.45. The van der Waals surface area contributed by atoms with Gasteiger partial charge in [-0.05, 0) is 24.6 Å². The minimum absolute atomic E-state index is 0.0911. The summed E-state index contributed by atoms with van der Waals surface area (Å²) < 4.78 is 0. The molecule has 1 nitrogen and oxygen atoms in total. The van der Waals surface area contributed by atoms with Crippen LogP contribution in [-0.4, -0.2) is 11.7 Å². The van der Waals surface area contributed by atoms with Gasteiger partial charge in [-0.1, -0.05) is 24.0 Å². The first-order valence-corrected chi connectivity index (χ1v) is 3.34. The molecular formula is C10H9O. The van der Waals surface area contributed by atoms with Crippen molar-refractivity contribution in [1.82, 2.24) is 0 Å². The zero-order valence-electron chi connectivity index (χ0n) is 6.17. The van der Waals surface area contributed by atoms with E-state index in [1.54, 1.807) is 0 Å². The number of hydrogen-bond donors (Lipinski definition) is 1. The van der Waals surface area contributed by atoms with Gasteiger partial charge in [-0.15, -0.1) is 0 Å². The first-order valence-electron chi connectivity index (χ1n) is 3.34. The van der Waals surface area contributed by atoms with Crippen LogP contribution >= 0.6 is 0 Å². The molecule has 0 aliphatic rings. The first-order chi connectivity index (χ1) is 5.33. The van der Waals surface area contributed by atoms with Gasteiger partial charge in [0, 0.05) is 5.56 Å². The van der Waals surface area contributed by atoms with Gasteiger partial charge in [-0.2, -0.15) is 0 Å². The average molecular weight is 145 g/mol. The van der Waals surface area contributed by atoms with Gasteiger partial charge in [0.15, 0.2) is 0 Å². The van der Waals surface area contributed by atoms with Crippen LogP contribution in [0.2, 0.25) is 0 Å². The summed E-state index contributed by atoms with van der Waals surface area (Å²) in [5.74, 6) is 5.36. The molecule has 0 aliphatic carbocycles. The predicted octanol–water partition coefficient (Wildman–Crippen LogP) is 1.21. The fraction of sp³-hybridized carbons (Fsp3) is 0.100. The molecule has 0 unspecified atom stereocenters. The molecule has 1 rings (SSSR count). The van der Waals surface area contributed by atoms with Gasteiger partial charge in [0.05, 0.1) is 0 Å². The molecule has 1 radical (unpaired) electrons. The van der Waals surface area contributed by atoms with Crippen molar-refractivity contribution < 1.29 is 5.11 Å². The second kappa shape index (κ2) is 3.80. The molecule has 1 aromatic rings. The molecule has 0 atom stereocenters. The number of aliphatic hydroxyl groups excluding tert-OH is 1. The fourth-order valence-corrected chi connectivity index (χ4v) is 0.730. The van der Waals surface area contributed by atoms with E-state index in [1.807, 2.05) is 24.3 Å². The SMILES string of the molecule is [CH2]c1ccc(C#CCO)cc1. The van der Waals surface area contributed by atoms with E-state index in [2.05, 4.69) is 18.8 Å². The zero-order valence-corrected chi connectivity index (χ0v) is 6.17. The predicted molar refractivity (Wildman–Crippen MR) is 44.9 cm³/mol. The summed E-state index contributed by atoms with van der Waals surface area (Å²) in [7, 11) is 0. The summed E-state index contributed by atoms with van der Waals surface area (Å²) in [6.07, 6.45) is 0. The standard InChI is InChI=1S/C10H9O/c1-9-4-6-10(7-5-9)3-2-8-11/h4-7,11H,1,8H2. The van der Waals surface area contributed by atoms with E-state index in [0.29, 0.717) is 0 Å². The normalized spacial score (nSPS) is 8.55. The topological polar surface area (TPSA) is 20.2 Å². The Morgan fingerprint density at radius 3 is 2.45 bits per heavy atom. The van der Waals surface area contributed by atoms with Crippen molar-refractivity contribution in [3.63, 3.8) is 0 Å². The molecule has 0 spiro atoms. The van der Waals surface area contributed by atoms with Crippen LogP contribution in [0.1, 0.15) is 11.1 Å². The van der Waals surface area contributed by atoms with Crippen LogP contribution in [0.4, 0.5) is 0 Å². The van der Waals surface area contributed by atoms with Gasteiger partial charge in [-0.25, -0.2) is 0 Å². The smallest absolute Gasteiger partial charge is 0.104 e. The van der Waals surface area contributed by atoms with Gasteiger partial charge in [0.2, 0.25) is 0 Å². The third-order valence-electron chi connectivity index (χ3n) is 1.27. The van der Waals surface area contributed by atoms with Crippen LogP contribution in [0.15, 0.2) is 24.3 Å². The highest BCUT2D eigenvalue weighted by Gasteiger charge is 1.84. The lowest BCUT2D eigenvalue weighted by atomic mass is 10.2. The molecule has 0 amide bonds. The fourth-order valence-electron chi connectivity index (χ4n) is 0.730. The van der Waals surface area contributed by atoms with Crippen LogP contribution in [0, 0.1) is 18.8 Å². The maximum atomic E-state index is 8.40. The van der Waals surface area contributed by atoms with Gasteiger partial charge >= 0.3 is 0 Å². The second-order valence-electron chi connectivity index (χ2n) is 2.16. The van der Waals surface area contributed by atoms with E-state index in [1.165, 1.54) is 0 Å². The van der Waals surface area contributed by atoms with E-state index in [-0.39, 0.29) is 6.61 Å². The maximum Gasteiger partial charge on any atom is 0.104 e. The molecule has 0 aliphatic heterocycles. The summed E-state index contributed by atoms with van der Waals surface area (Å²) >= 11 is 0. The van der Waals surface area contributed by atoms with Crippen LogP contribution in [0.25, 0.3) is 0 Å². The van der Waals surface area contributed by atoms with Gasteiger partial charge in [0.25, 0.3) is 0 Å². The number of aliphatic hydroxyl groups is 1. The molecule has 0 saturated heterocycles. The first kappa shape index (κ1) is 7.84. The molecule has 1 aromatic carbocycles. The summed E-state index contributed by atoms with van der Waals surface area (Å²) in [6, 6.07) is 7.54. The molecule has 1 N–H and O–H groups in total. The monoisotopic (exact) mass is 145 g/mol. The highest BCUT2D eigenvalue weighted by atomic mass is 16.2. The van der Waals surface area contributed by atoms with Crippen LogP contribution in [-0.2, 0) is 0 Å². The Hall–Kier alpha value is -1.26. The molecule has 0 saturated carbocycles.